The average Bonchev–Trinajstić information content (AvgIpc) is 2.69. The Labute approximate surface area is 161 Å². The van der Waals surface area contributed by atoms with Crippen molar-refractivity contribution in [3.8, 4) is 0 Å². The van der Waals surface area contributed by atoms with Gasteiger partial charge in [0, 0.05) is 45.9 Å². The van der Waals surface area contributed by atoms with Gasteiger partial charge in [0.25, 0.3) is 0 Å². The zero-order chi connectivity index (χ0) is 18.6. The Morgan fingerprint density at radius 2 is 1.74 bits per heavy atom. The fourth-order valence-electron chi connectivity index (χ4n) is 4.45. The smallest absolute Gasteiger partial charge is 0.0890 e. The van der Waals surface area contributed by atoms with Gasteiger partial charge in [0.15, 0.2) is 0 Å². The first-order valence-electron chi connectivity index (χ1n) is 10.1. The fraction of sp³-hybridized carbons (Fsp3) is 0.619. The molecule has 2 saturated heterocycles. The molecule has 1 aromatic carbocycles. The number of hydrogen-bond donors (Lipinski definition) is 1. The number of aryl methyl sites for hydroxylation is 1. The van der Waals surface area contributed by atoms with Gasteiger partial charge in [-0.05, 0) is 37.3 Å². The van der Waals surface area contributed by atoms with E-state index >= 15 is 0 Å². The number of benzene rings is 1. The largest absolute Gasteiger partial charge is 0.396 e. The van der Waals surface area contributed by atoms with Gasteiger partial charge >= 0.3 is 0 Å². The Morgan fingerprint density at radius 3 is 2.48 bits per heavy atom. The molecule has 1 aromatic heterocycles. The van der Waals surface area contributed by atoms with Gasteiger partial charge in [-0.25, -0.2) is 9.97 Å². The van der Waals surface area contributed by atoms with Gasteiger partial charge in [-0.15, -0.1) is 0 Å². The van der Waals surface area contributed by atoms with E-state index in [0.29, 0.717) is 11.8 Å². The van der Waals surface area contributed by atoms with Crippen molar-refractivity contribution < 1.29 is 9.84 Å². The summed E-state index contributed by atoms with van der Waals surface area (Å²) < 4.78 is 5.47. The third-order valence-corrected chi connectivity index (χ3v) is 5.79. The summed E-state index contributed by atoms with van der Waals surface area (Å²) in [5, 5.41) is 9.81. The number of likely N-dealkylation sites (tertiary alicyclic amines) is 1. The number of piperidine rings is 1. The molecule has 0 radical (unpaired) electrons. The molecule has 6 heteroatoms. The molecule has 0 saturated carbocycles. The number of ether oxygens (including phenoxy) is 1. The molecule has 2 aliphatic rings. The molecule has 0 unspecified atom stereocenters. The third kappa shape index (κ3) is 4.63. The quantitative estimate of drug-likeness (QED) is 0.864. The first kappa shape index (κ1) is 18.7. The summed E-state index contributed by atoms with van der Waals surface area (Å²) in [7, 11) is 0. The molecule has 0 aliphatic carbocycles. The maximum absolute atomic E-state index is 9.81. The molecular formula is C21H30N4O2. The van der Waals surface area contributed by atoms with E-state index in [4.69, 9.17) is 14.7 Å². The lowest BCUT2D eigenvalue weighted by molar-refractivity contribution is 0.0115. The summed E-state index contributed by atoms with van der Waals surface area (Å²) in [6.07, 6.45) is 1.10. The molecule has 0 bridgehead atoms. The molecular weight excluding hydrogens is 340 g/mol. The second-order valence-corrected chi connectivity index (χ2v) is 8.00. The molecule has 1 N–H and O–H groups in total. The Bertz CT molecular complexity index is 763. The molecule has 27 heavy (non-hydrogen) atoms. The molecule has 2 fully saturated rings. The predicted molar refractivity (Wildman–Crippen MR) is 105 cm³/mol. The van der Waals surface area contributed by atoms with Crippen LogP contribution < -0.4 is 0 Å². The molecule has 0 spiro atoms. The monoisotopic (exact) mass is 370 g/mol. The Balaban J connectivity index is 1.46. The Hall–Kier alpha value is -1.60. The standard InChI is InChI=1S/C21H30N4O2/c1-16-21(23-20-5-3-2-4-19(20)22-16)14-25-12-17(10-18(13-25)15-26)11-24-6-8-27-9-7-24/h2-5,17-18,26H,6-15H2,1H3/t17-,18-/m1/s1. The van der Waals surface area contributed by atoms with E-state index in [1.807, 2.05) is 31.2 Å². The van der Waals surface area contributed by atoms with Crippen molar-refractivity contribution in [3.63, 3.8) is 0 Å². The SMILES string of the molecule is Cc1nc2ccccc2nc1CN1C[C@H](CO)C[C@H](CN2CCOCC2)C1. The second kappa shape index (κ2) is 8.61. The van der Waals surface area contributed by atoms with Crippen molar-refractivity contribution in [3.05, 3.63) is 35.7 Å². The fourth-order valence-corrected chi connectivity index (χ4v) is 4.45. The lowest BCUT2D eigenvalue weighted by Gasteiger charge is -2.40. The normalized spacial score (nSPS) is 25.1. The highest BCUT2D eigenvalue weighted by atomic mass is 16.5. The van der Waals surface area contributed by atoms with E-state index in [2.05, 4.69) is 9.80 Å². The van der Waals surface area contributed by atoms with Gasteiger partial charge in [0.05, 0.1) is 35.6 Å². The zero-order valence-corrected chi connectivity index (χ0v) is 16.2. The van der Waals surface area contributed by atoms with Crippen LogP contribution in [0.2, 0.25) is 0 Å². The van der Waals surface area contributed by atoms with Gasteiger partial charge in [-0.3, -0.25) is 9.80 Å². The molecule has 146 valence electrons. The van der Waals surface area contributed by atoms with Crippen LogP contribution in [-0.4, -0.2) is 77.4 Å². The Kier molecular flexibility index (Phi) is 5.98. The lowest BCUT2D eigenvalue weighted by atomic mass is 9.89. The van der Waals surface area contributed by atoms with Gasteiger partial charge in [-0.2, -0.15) is 0 Å². The highest BCUT2D eigenvalue weighted by Gasteiger charge is 2.29. The number of aliphatic hydroxyl groups excluding tert-OH is 1. The van der Waals surface area contributed by atoms with Crippen LogP contribution in [-0.2, 0) is 11.3 Å². The number of hydrogen-bond acceptors (Lipinski definition) is 6. The molecule has 6 nitrogen and oxygen atoms in total. The summed E-state index contributed by atoms with van der Waals surface area (Å²) in [5.41, 5.74) is 3.97. The summed E-state index contributed by atoms with van der Waals surface area (Å²) in [6, 6.07) is 8.05. The maximum atomic E-state index is 9.81. The predicted octanol–water partition coefficient (Wildman–Crippen LogP) is 1.70. The van der Waals surface area contributed by atoms with Crippen molar-refractivity contribution in [1.82, 2.24) is 19.8 Å². The number of nitrogens with zero attached hydrogens (tertiary/aromatic N) is 4. The van der Waals surface area contributed by atoms with Crippen LogP contribution in [0.3, 0.4) is 0 Å². The minimum absolute atomic E-state index is 0.262. The number of morpholine rings is 1. The average molecular weight is 370 g/mol. The summed E-state index contributed by atoms with van der Waals surface area (Å²) >= 11 is 0. The topological polar surface area (TPSA) is 61.7 Å². The van der Waals surface area contributed by atoms with Crippen molar-refractivity contribution in [2.45, 2.75) is 19.9 Å². The highest BCUT2D eigenvalue weighted by molar-refractivity contribution is 5.74. The molecule has 0 amide bonds. The van der Waals surface area contributed by atoms with E-state index < -0.39 is 0 Å². The molecule has 2 atom stereocenters. The van der Waals surface area contributed by atoms with Gasteiger partial charge in [0.1, 0.15) is 0 Å². The van der Waals surface area contributed by atoms with Gasteiger partial charge in [-0.1, -0.05) is 12.1 Å². The number of aliphatic hydroxyl groups is 1. The zero-order valence-electron chi connectivity index (χ0n) is 16.2. The van der Waals surface area contributed by atoms with E-state index in [1.165, 1.54) is 0 Å². The minimum atomic E-state index is 0.262. The maximum Gasteiger partial charge on any atom is 0.0890 e. The summed E-state index contributed by atoms with van der Waals surface area (Å²) in [5.74, 6) is 0.932. The highest BCUT2D eigenvalue weighted by Crippen LogP contribution is 2.25. The number of rotatable bonds is 5. The number of fused-ring (bicyclic) bond motifs is 1. The minimum Gasteiger partial charge on any atom is -0.396 e. The van der Waals surface area contributed by atoms with Crippen molar-refractivity contribution in [2.24, 2.45) is 11.8 Å². The molecule has 3 heterocycles. The first-order valence-corrected chi connectivity index (χ1v) is 10.1. The van der Waals surface area contributed by atoms with Crippen molar-refractivity contribution in [1.29, 1.82) is 0 Å². The van der Waals surface area contributed by atoms with Crippen molar-refractivity contribution in [2.75, 3.05) is 52.5 Å². The third-order valence-electron chi connectivity index (χ3n) is 5.79. The first-order chi connectivity index (χ1) is 13.2. The van der Waals surface area contributed by atoms with Crippen LogP contribution in [0, 0.1) is 18.8 Å². The number of aromatic nitrogens is 2. The number of para-hydroxylation sites is 2. The van der Waals surface area contributed by atoms with E-state index in [0.717, 1.165) is 81.3 Å². The van der Waals surface area contributed by atoms with Gasteiger partial charge < -0.3 is 9.84 Å². The Morgan fingerprint density at radius 1 is 1.04 bits per heavy atom. The summed E-state index contributed by atoms with van der Waals surface area (Å²) in [6.45, 7) is 9.93. The van der Waals surface area contributed by atoms with Crippen molar-refractivity contribution >= 4 is 11.0 Å². The molecule has 4 rings (SSSR count). The van der Waals surface area contributed by atoms with E-state index in [9.17, 15) is 5.11 Å². The van der Waals surface area contributed by atoms with Crippen LogP contribution in [0.25, 0.3) is 11.0 Å². The molecule has 2 aliphatic heterocycles. The lowest BCUT2D eigenvalue weighted by Crippen LogP contribution is -2.47. The van der Waals surface area contributed by atoms with Crippen LogP contribution in [0.15, 0.2) is 24.3 Å². The van der Waals surface area contributed by atoms with Gasteiger partial charge in [0.2, 0.25) is 0 Å². The van der Waals surface area contributed by atoms with E-state index in [-0.39, 0.29) is 6.61 Å². The summed E-state index contributed by atoms with van der Waals surface area (Å²) in [4.78, 5) is 14.6. The van der Waals surface area contributed by atoms with Crippen LogP contribution in [0.5, 0.6) is 0 Å². The molecule has 2 aromatic rings. The van der Waals surface area contributed by atoms with Crippen LogP contribution in [0.4, 0.5) is 0 Å². The van der Waals surface area contributed by atoms with E-state index in [1.54, 1.807) is 0 Å². The van der Waals surface area contributed by atoms with Crippen LogP contribution in [0.1, 0.15) is 17.8 Å². The van der Waals surface area contributed by atoms with Crippen LogP contribution >= 0.6 is 0 Å². The second-order valence-electron chi connectivity index (χ2n) is 8.00.